The summed E-state index contributed by atoms with van der Waals surface area (Å²) in [4.78, 5) is 14.5. The maximum Gasteiger partial charge on any atom is 0.243 e. The molecule has 1 aromatic rings. The van der Waals surface area contributed by atoms with Crippen molar-refractivity contribution in [3.63, 3.8) is 0 Å². The van der Waals surface area contributed by atoms with Crippen LogP contribution < -0.4 is 5.73 Å². The Morgan fingerprint density at radius 2 is 1.91 bits per heavy atom. The minimum absolute atomic E-state index is 0.0998. The molecule has 2 saturated heterocycles. The third-order valence-electron chi connectivity index (χ3n) is 4.41. The Morgan fingerprint density at radius 1 is 1.18 bits per heavy atom. The first kappa shape index (κ1) is 15.3. The summed E-state index contributed by atoms with van der Waals surface area (Å²) in [5, 5.41) is 0. The van der Waals surface area contributed by atoms with Crippen molar-refractivity contribution in [2.24, 2.45) is 5.92 Å². The molecule has 2 heterocycles. The number of amides is 1. The van der Waals surface area contributed by atoms with E-state index in [4.69, 9.17) is 5.73 Å². The summed E-state index contributed by atoms with van der Waals surface area (Å²) >= 11 is 0. The molecule has 1 atom stereocenters. The molecule has 0 spiro atoms. The van der Waals surface area contributed by atoms with Gasteiger partial charge in [-0.15, -0.1) is 0 Å². The van der Waals surface area contributed by atoms with Crippen LogP contribution >= 0.6 is 0 Å². The third-order valence-corrected chi connectivity index (χ3v) is 6.27. The highest BCUT2D eigenvalue weighted by atomic mass is 32.2. The van der Waals surface area contributed by atoms with Gasteiger partial charge in [0, 0.05) is 31.9 Å². The number of nitrogens with zero attached hydrogens (tertiary/aromatic N) is 2. The lowest BCUT2D eigenvalue weighted by Gasteiger charge is -2.20. The molecule has 0 bridgehead atoms. The first-order chi connectivity index (χ1) is 10.5. The molecule has 2 fully saturated rings. The fraction of sp³-hybridized carbons (Fsp3) is 0.533. The van der Waals surface area contributed by atoms with E-state index in [1.165, 1.54) is 10.4 Å². The highest BCUT2D eigenvalue weighted by Crippen LogP contribution is 2.27. The Labute approximate surface area is 130 Å². The first-order valence-corrected chi connectivity index (χ1v) is 9.07. The van der Waals surface area contributed by atoms with Gasteiger partial charge in [0.15, 0.2) is 0 Å². The van der Waals surface area contributed by atoms with E-state index >= 15 is 0 Å². The second-order valence-electron chi connectivity index (χ2n) is 5.95. The fourth-order valence-electron chi connectivity index (χ4n) is 3.17. The molecule has 2 aliphatic heterocycles. The molecule has 6 nitrogen and oxygen atoms in total. The average molecular weight is 323 g/mol. The lowest BCUT2D eigenvalue weighted by atomic mass is 10.1. The standard InChI is InChI=1S/C15H21N3O3S/c16-13-4-3-5-14(10-13)22(20,21)18-9-6-12(11-18)15(19)17-7-1-2-8-17/h3-5,10,12H,1-2,6-9,11,16H2. The van der Waals surface area contributed by atoms with Gasteiger partial charge in [0.25, 0.3) is 0 Å². The Kier molecular flexibility index (Phi) is 4.10. The molecular formula is C15H21N3O3S. The number of hydrogen-bond acceptors (Lipinski definition) is 4. The van der Waals surface area contributed by atoms with Crippen molar-refractivity contribution >= 4 is 21.6 Å². The lowest BCUT2D eigenvalue weighted by Crippen LogP contribution is -2.36. The van der Waals surface area contributed by atoms with Crippen molar-refractivity contribution in [3.05, 3.63) is 24.3 Å². The number of likely N-dealkylation sites (tertiary alicyclic amines) is 1. The Hall–Kier alpha value is -1.60. The predicted octanol–water partition coefficient (Wildman–Crippen LogP) is 0.902. The zero-order valence-corrected chi connectivity index (χ0v) is 13.3. The molecule has 2 N–H and O–H groups in total. The van der Waals surface area contributed by atoms with Crippen LogP contribution in [0.5, 0.6) is 0 Å². The molecule has 2 aliphatic rings. The van der Waals surface area contributed by atoms with E-state index < -0.39 is 10.0 Å². The van der Waals surface area contributed by atoms with Crippen molar-refractivity contribution in [1.82, 2.24) is 9.21 Å². The van der Waals surface area contributed by atoms with Gasteiger partial charge in [-0.25, -0.2) is 8.42 Å². The zero-order valence-electron chi connectivity index (χ0n) is 12.4. The van der Waals surface area contributed by atoms with E-state index in [9.17, 15) is 13.2 Å². The molecule has 1 unspecified atom stereocenters. The highest BCUT2D eigenvalue weighted by molar-refractivity contribution is 7.89. The summed E-state index contributed by atoms with van der Waals surface area (Å²) in [6.07, 6.45) is 2.68. The molecule has 0 saturated carbocycles. The van der Waals surface area contributed by atoms with Crippen LogP contribution in [0.1, 0.15) is 19.3 Å². The second kappa shape index (κ2) is 5.89. The summed E-state index contributed by atoms with van der Waals surface area (Å²) in [5.74, 6) is -0.114. The Bertz CT molecular complexity index is 668. The molecule has 0 aliphatic carbocycles. The number of hydrogen-bond donors (Lipinski definition) is 1. The number of carbonyl (C=O) groups is 1. The summed E-state index contributed by atoms with van der Waals surface area (Å²) in [7, 11) is -3.57. The second-order valence-corrected chi connectivity index (χ2v) is 7.89. The average Bonchev–Trinajstić information content (AvgIpc) is 3.18. The number of benzene rings is 1. The van der Waals surface area contributed by atoms with E-state index in [0.29, 0.717) is 18.7 Å². The maximum absolute atomic E-state index is 12.6. The van der Waals surface area contributed by atoms with Crippen LogP contribution in [-0.4, -0.2) is 49.7 Å². The Morgan fingerprint density at radius 3 is 2.59 bits per heavy atom. The minimum atomic E-state index is -3.57. The van der Waals surface area contributed by atoms with Gasteiger partial charge in [0.2, 0.25) is 15.9 Å². The van der Waals surface area contributed by atoms with Crippen molar-refractivity contribution in [2.45, 2.75) is 24.2 Å². The van der Waals surface area contributed by atoms with Gasteiger partial charge in [0.05, 0.1) is 10.8 Å². The molecule has 1 aromatic carbocycles. The number of rotatable bonds is 3. The fourth-order valence-corrected chi connectivity index (χ4v) is 4.72. The number of sulfonamides is 1. The molecule has 3 rings (SSSR count). The van der Waals surface area contributed by atoms with E-state index in [2.05, 4.69) is 0 Å². The molecular weight excluding hydrogens is 302 g/mol. The first-order valence-electron chi connectivity index (χ1n) is 7.63. The predicted molar refractivity (Wildman–Crippen MR) is 83.5 cm³/mol. The van der Waals surface area contributed by atoms with E-state index in [-0.39, 0.29) is 23.3 Å². The topological polar surface area (TPSA) is 83.7 Å². The number of carbonyl (C=O) groups excluding carboxylic acids is 1. The van der Waals surface area contributed by atoms with E-state index in [1.807, 2.05) is 4.90 Å². The van der Waals surface area contributed by atoms with Gasteiger partial charge >= 0.3 is 0 Å². The van der Waals surface area contributed by atoms with Gasteiger partial charge in [-0.3, -0.25) is 4.79 Å². The van der Waals surface area contributed by atoms with Crippen LogP contribution in [0, 0.1) is 5.92 Å². The molecule has 1 amide bonds. The number of nitrogens with two attached hydrogens (primary N) is 1. The normalized spacial score (nSPS) is 23.1. The molecule has 7 heteroatoms. The van der Waals surface area contributed by atoms with Crippen LogP contribution in [0.2, 0.25) is 0 Å². The van der Waals surface area contributed by atoms with Gasteiger partial charge in [-0.1, -0.05) is 6.07 Å². The number of nitrogen functional groups attached to an aromatic ring is 1. The monoisotopic (exact) mass is 323 g/mol. The smallest absolute Gasteiger partial charge is 0.243 e. The van der Waals surface area contributed by atoms with Crippen molar-refractivity contribution in [2.75, 3.05) is 31.9 Å². The molecule has 120 valence electrons. The van der Waals surface area contributed by atoms with Crippen molar-refractivity contribution < 1.29 is 13.2 Å². The van der Waals surface area contributed by atoms with Gasteiger partial charge < -0.3 is 10.6 Å². The van der Waals surface area contributed by atoms with Crippen LogP contribution in [-0.2, 0) is 14.8 Å². The van der Waals surface area contributed by atoms with E-state index in [1.54, 1.807) is 18.2 Å². The van der Waals surface area contributed by atoms with Crippen LogP contribution in [0.4, 0.5) is 5.69 Å². The Balaban J connectivity index is 1.73. The van der Waals surface area contributed by atoms with Gasteiger partial charge in [0.1, 0.15) is 0 Å². The van der Waals surface area contributed by atoms with Crippen molar-refractivity contribution in [3.8, 4) is 0 Å². The van der Waals surface area contributed by atoms with Crippen LogP contribution in [0.3, 0.4) is 0 Å². The highest BCUT2D eigenvalue weighted by Gasteiger charge is 2.37. The van der Waals surface area contributed by atoms with Crippen molar-refractivity contribution in [1.29, 1.82) is 0 Å². The molecule has 0 aromatic heterocycles. The SMILES string of the molecule is Nc1cccc(S(=O)(=O)N2CCC(C(=O)N3CCCC3)C2)c1. The summed E-state index contributed by atoms with van der Waals surface area (Å²) in [6, 6.07) is 6.29. The van der Waals surface area contributed by atoms with Gasteiger partial charge in [-0.2, -0.15) is 4.31 Å². The summed E-state index contributed by atoms with van der Waals surface area (Å²) in [6.45, 7) is 2.27. The minimum Gasteiger partial charge on any atom is -0.399 e. The summed E-state index contributed by atoms with van der Waals surface area (Å²) < 4.78 is 26.6. The maximum atomic E-state index is 12.6. The quantitative estimate of drug-likeness (QED) is 0.838. The van der Waals surface area contributed by atoms with Crippen LogP contribution in [0.15, 0.2) is 29.2 Å². The lowest BCUT2D eigenvalue weighted by molar-refractivity contribution is -0.133. The number of anilines is 1. The van der Waals surface area contributed by atoms with Gasteiger partial charge in [-0.05, 0) is 37.5 Å². The zero-order chi connectivity index (χ0) is 15.7. The third kappa shape index (κ3) is 2.83. The molecule has 22 heavy (non-hydrogen) atoms. The molecule has 0 radical (unpaired) electrons. The summed E-state index contributed by atoms with van der Waals surface area (Å²) in [5.41, 5.74) is 6.09. The largest absolute Gasteiger partial charge is 0.399 e. The van der Waals surface area contributed by atoms with E-state index in [0.717, 1.165) is 25.9 Å². The van der Waals surface area contributed by atoms with Crippen LogP contribution in [0.25, 0.3) is 0 Å².